The van der Waals surface area contributed by atoms with E-state index in [0.717, 1.165) is 31.3 Å². The molecule has 2 fully saturated rings. The molecule has 0 atom stereocenters. The van der Waals surface area contributed by atoms with E-state index in [4.69, 9.17) is 9.73 Å². The molecule has 0 amide bonds. The van der Waals surface area contributed by atoms with Gasteiger partial charge >= 0.3 is 12.1 Å². The maximum Gasteiger partial charge on any atom is 0.416 e. The number of alkyl halides is 3. The first-order valence-electron chi connectivity index (χ1n) is 10.6. The summed E-state index contributed by atoms with van der Waals surface area (Å²) in [6.45, 7) is 4.53. The topological polar surface area (TPSA) is 53.9 Å². The monoisotopic (exact) mass is 425 g/mol. The Morgan fingerprint density at radius 2 is 2.00 bits per heavy atom. The number of carbonyl (C=O) groups excluding carboxylic acids is 1. The number of methoxy groups -OCH3 is 1. The molecular formula is C22H30F3N3O2. The van der Waals surface area contributed by atoms with Crippen LogP contribution in [0.3, 0.4) is 0 Å². The molecule has 166 valence electrons. The van der Waals surface area contributed by atoms with Crippen LogP contribution in [0.1, 0.15) is 50.2 Å². The van der Waals surface area contributed by atoms with Crippen LogP contribution in [0.2, 0.25) is 0 Å². The fourth-order valence-corrected chi connectivity index (χ4v) is 4.31. The standard InChI is InChI=1S/C22H30F3N3O2/c1-3-26-20(28-12-8-16(9-13-28)19(29)30-2)27-15-21(10-5-11-21)17-6-4-7-18(14-17)22(23,24)25/h4,6-7,14,16H,3,5,8-13,15H2,1-2H3,(H,26,27). The molecular weight excluding hydrogens is 395 g/mol. The SMILES string of the molecule is CCNC(=NCC1(c2cccc(C(F)(F)F)c2)CCC1)N1CCC(C(=O)OC)CC1. The Kier molecular flexibility index (Phi) is 6.93. The van der Waals surface area contributed by atoms with E-state index in [1.54, 1.807) is 6.07 Å². The summed E-state index contributed by atoms with van der Waals surface area (Å²) in [5.41, 5.74) is -0.230. The van der Waals surface area contributed by atoms with Gasteiger partial charge in [-0.1, -0.05) is 24.6 Å². The van der Waals surface area contributed by atoms with Gasteiger partial charge in [-0.25, -0.2) is 0 Å². The van der Waals surface area contributed by atoms with E-state index in [-0.39, 0.29) is 17.3 Å². The molecule has 0 aromatic heterocycles. The van der Waals surface area contributed by atoms with Crippen LogP contribution in [0.5, 0.6) is 0 Å². The van der Waals surface area contributed by atoms with E-state index in [1.807, 2.05) is 6.92 Å². The van der Waals surface area contributed by atoms with E-state index in [0.29, 0.717) is 44.6 Å². The van der Waals surface area contributed by atoms with E-state index in [2.05, 4.69) is 10.2 Å². The van der Waals surface area contributed by atoms with Gasteiger partial charge < -0.3 is 15.0 Å². The first-order chi connectivity index (χ1) is 14.3. The highest BCUT2D eigenvalue weighted by molar-refractivity contribution is 5.80. The van der Waals surface area contributed by atoms with Crippen LogP contribution in [0.4, 0.5) is 13.2 Å². The number of rotatable bonds is 5. The molecule has 1 heterocycles. The molecule has 1 saturated heterocycles. The van der Waals surface area contributed by atoms with Crippen molar-refractivity contribution in [2.75, 3.05) is 33.3 Å². The van der Waals surface area contributed by atoms with Gasteiger partial charge in [0.05, 0.1) is 25.1 Å². The van der Waals surface area contributed by atoms with Crippen LogP contribution in [-0.4, -0.2) is 50.1 Å². The summed E-state index contributed by atoms with van der Waals surface area (Å²) in [4.78, 5) is 18.7. The van der Waals surface area contributed by atoms with Gasteiger partial charge in [0.15, 0.2) is 5.96 Å². The average Bonchev–Trinajstić information content (AvgIpc) is 2.71. The smallest absolute Gasteiger partial charge is 0.416 e. The molecule has 3 rings (SSSR count). The zero-order valence-corrected chi connectivity index (χ0v) is 17.6. The van der Waals surface area contributed by atoms with Crippen molar-refractivity contribution in [1.29, 1.82) is 0 Å². The van der Waals surface area contributed by atoms with Crippen molar-refractivity contribution >= 4 is 11.9 Å². The van der Waals surface area contributed by atoms with Gasteiger partial charge in [-0.15, -0.1) is 0 Å². The van der Waals surface area contributed by atoms with Crippen molar-refractivity contribution in [1.82, 2.24) is 10.2 Å². The van der Waals surface area contributed by atoms with Crippen LogP contribution in [0, 0.1) is 5.92 Å². The Morgan fingerprint density at radius 3 is 2.53 bits per heavy atom. The highest BCUT2D eigenvalue weighted by Gasteiger charge is 2.40. The molecule has 0 unspecified atom stereocenters. The van der Waals surface area contributed by atoms with Crippen LogP contribution < -0.4 is 5.32 Å². The number of piperidine rings is 1. The number of hydrogen-bond acceptors (Lipinski definition) is 3. The molecule has 8 heteroatoms. The molecule has 1 saturated carbocycles. The van der Waals surface area contributed by atoms with Gasteiger partial charge in [0.2, 0.25) is 0 Å². The van der Waals surface area contributed by atoms with Gasteiger partial charge in [0.25, 0.3) is 0 Å². The third-order valence-corrected chi connectivity index (χ3v) is 6.31. The summed E-state index contributed by atoms with van der Waals surface area (Å²) in [6.07, 6.45) is -0.273. The van der Waals surface area contributed by atoms with Gasteiger partial charge in [-0.2, -0.15) is 13.2 Å². The molecule has 5 nitrogen and oxygen atoms in total. The lowest BCUT2D eigenvalue weighted by Crippen LogP contribution is -2.47. The minimum absolute atomic E-state index is 0.0859. The maximum atomic E-state index is 13.2. The Hall–Kier alpha value is -2.25. The number of benzene rings is 1. The normalized spacial score (nSPS) is 19.9. The number of halogens is 3. The van der Waals surface area contributed by atoms with Gasteiger partial charge in [0, 0.05) is 25.0 Å². The molecule has 1 aliphatic carbocycles. The van der Waals surface area contributed by atoms with Crippen LogP contribution in [-0.2, 0) is 21.1 Å². The summed E-state index contributed by atoms with van der Waals surface area (Å²) in [6, 6.07) is 5.68. The number of hydrogen-bond donors (Lipinski definition) is 1. The van der Waals surface area contributed by atoms with Gasteiger partial charge in [-0.05, 0) is 44.2 Å². The number of nitrogens with one attached hydrogen (secondary N) is 1. The number of likely N-dealkylation sites (tertiary alicyclic amines) is 1. The van der Waals surface area contributed by atoms with Crippen molar-refractivity contribution in [2.45, 2.75) is 50.6 Å². The number of guanidine groups is 1. The molecule has 1 aromatic rings. The van der Waals surface area contributed by atoms with Crippen molar-refractivity contribution in [3.63, 3.8) is 0 Å². The van der Waals surface area contributed by atoms with Crippen molar-refractivity contribution in [2.24, 2.45) is 10.9 Å². The lowest BCUT2D eigenvalue weighted by atomic mass is 9.64. The molecule has 0 spiro atoms. The Bertz CT molecular complexity index is 767. The zero-order chi connectivity index (χ0) is 21.8. The van der Waals surface area contributed by atoms with Crippen LogP contribution >= 0.6 is 0 Å². The van der Waals surface area contributed by atoms with Crippen LogP contribution in [0.25, 0.3) is 0 Å². The molecule has 0 radical (unpaired) electrons. The minimum Gasteiger partial charge on any atom is -0.469 e. The molecule has 1 N–H and O–H groups in total. The fourth-order valence-electron chi connectivity index (χ4n) is 4.31. The summed E-state index contributed by atoms with van der Waals surface area (Å²) < 4.78 is 44.4. The molecule has 30 heavy (non-hydrogen) atoms. The van der Waals surface area contributed by atoms with E-state index in [1.165, 1.54) is 19.2 Å². The van der Waals surface area contributed by atoms with Gasteiger partial charge in [0.1, 0.15) is 0 Å². The van der Waals surface area contributed by atoms with Crippen molar-refractivity contribution in [3.05, 3.63) is 35.4 Å². The molecule has 1 aromatic carbocycles. The minimum atomic E-state index is -4.34. The number of nitrogens with zero attached hydrogens (tertiary/aromatic N) is 2. The maximum absolute atomic E-state index is 13.2. The second kappa shape index (κ2) is 9.27. The number of aliphatic imine (C=N–C) groups is 1. The predicted octanol–water partition coefficient (Wildman–Crippen LogP) is 3.98. The second-order valence-corrected chi connectivity index (χ2v) is 8.17. The number of carbonyl (C=O) groups is 1. The molecule has 0 bridgehead atoms. The summed E-state index contributed by atoms with van der Waals surface area (Å²) in [5.74, 6) is 0.505. The quantitative estimate of drug-likeness (QED) is 0.441. The van der Waals surface area contributed by atoms with E-state index in [9.17, 15) is 18.0 Å². The lowest BCUT2D eigenvalue weighted by Gasteiger charge is -2.42. The van der Waals surface area contributed by atoms with E-state index >= 15 is 0 Å². The van der Waals surface area contributed by atoms with Crippen molar-refractivity contribution < 1.29 is 22.7 Å². The summed E-state index contributed by atoms with van der Waals surface area (Å²) in [5, 5.41) is 3.30. The second-order valence-electron chi connectivity index (χ2n) is 8.17. The zero-order valence-electron chi connectivity index (χ0n) is 17.6. The number of ether oxygens (including phenoxy) is 1. The third-order valence-electron chi connectivity index (χ3n) is 6.31. The van der Waals surface area contributed by atoms with E-state index < -0.39 is 11.7 Å². The predicted molar refractivity (Wildman–Crippen MR) is 109 cm³/mol. The van der Waals surface area contributed by atoms with Gasteiger partial charge in [-0.3, -0.25) is 9.79 Å². The number of esters is 1. The first kappa shape index (κ1) is 22.4. The van der Waals surface area contributed by atoms with Crippen LogP contribution in [0.15, 0.2) is 29.3 Å². The highest BCUT2D eigenvalue weighted by atomic mass is 19.4. The Labute approximate surface area is 175 Å². The van der Waals surface area contributed by atoms with Crippen molar-refractivity contribution in [3.8, 4) is 0 Å². The lowest BCUT2D eigenvalue weighted by molar-refractivity contribution is -0.146. The first-order valence-corrected chi connectivity index (χ1v) is 10.6. The summed E-state index contributed by atoms with van der Waals surface area (Å²) in [7, 11) is 1.41. The summed E-state index contributed by atoms with van der Waals surface area (Å²) >= 11 is 0. The molecule has 1 aliphatic heterocycles. The fraction of sp³-hybridized carbons (Fsp3) is 0.636. The molecule has 2 aliphatic rings. The third kappa shape index (κ3) is 4.90. The Balaban J connectivity index is 1.74. The Morgan fingerprint density at radius 1 is 1.30 bits per heavy atom. The average molecular weight is 425 g/mol. The highest BCUT2D eigenvalue weighted by Crippen LogP contribution is 2.45. The largest absolute Gasteiger partial charge is 0.469 e.